The second kappa shape index (κ2) is 6.10. The molecule has 2 aromatic rings. The summed E-state index contributed by atoms with van der Waals surface area (Å²) in [5, 5.41) is 10.7. The van der Waals surface area contributed by atoms with E-state index in [0.29, 0.717) is 12.2 Å². The van der Waals surface area contributed by atoms with Gasteiger partial charge in [-0.15, -0.1) is 0 Å². The lowest BCUT2D eigenvalue weighted by molar-refractivity contribution is -0.116. The van der Waals surface area contributed by atoms with Crippen LogP contribution in [0.3, 0.4) is 0 Å². The highest BCUT2D eigenvalue weighted by atomic mass is 16.1. The fourth-order valence-corrected chi connectivity index (χ4v) is 2.72. The number of aromatic nitrogens is 2. The quantitative estimate of drug-likeness (QED) is 0.897. The number of hydrogen-bond acceptors (Lipinski definition) is 3. The van der Waals surface area contributed by atoms with Gasteiger partial charge in [0.2, 0.25) is 5.91 Å². The number of aryl methyl sites for hydroxylation is 2. The third-order valence-electron chi connectivity index (χ3n) is 3.86. The first-order chi connectivity index (χ1) is 10.2. The number of carbonyl (C=O) groups is 1. The molecule has 5 nitrogen and oxygen atoms in total. The molecule has 1 aliphatic rings. The smallest absolute Gasteiger partial charge is 0.225 e. The largest absolute Gasteiger partial charge is 0.312 e. The average Bonchev–Trinajstić information content (AvgIpc) is 2.83. The number of carbonyl (C=O) groups excluding carboxylic acids is 1. The van der Waals surface area contributed by atoms with Crippen molar-refractivity contribution in [2.45, 2.75) is 25.8 Å². The molecule has 1 aromatic carbocycles. The molecule has 0 radical (unpaired) electrons. The zero-order valence-electron chi connectivity index (χ0n) is 12.2. The molecule has 1 aromatic heterocycles. The van der Waals surface area contributed by atoms with Crippen molar-refractivity contribution in [2.75, 3.05) is 11.9 Å². The van der Waals surface area contributed by atoms with Crippen molar-refractivity contribution in [1.29, 1.82) is 0 Å². The number of rotatable bonds is 4. The van der Waals surface area contributed by atoms with Crippen LogP contribution in [0.4, 0.5) is 5.82 Å². The third kappa shape index (κ3) is 3.13. The summed E-state index contributed by atoms with van der Waals surface area (Å²) in [6, 6.07) is 10.1. The third-order valence-corrected chi connectivity index (χ3v) is 3.86. The van der Waals surface area contributed by atoms with Gasteiger partial charge in [0.15, 0.2) is 5.82 Å². The maximum atomic E-state index is 12.1. The summed E-state index contributed by atoms with van der Waals surface area (Å²) in [7, 11) is 1.93. The van der Waals surface area contributed by atoms with Crippen LogP contribution >= 0.6 is 0 Å². The maximum Gasteiger partial charge on any atom is 0.225 e. The van der Waals surface area contributed by atoms with Gasteiger partial charge in [0.1, 0.15) is 0 Å². The molecule has 0 spiro atoms. The Bertz CT molecular complexity index is 633. The lowest BCUT2D eigenvalue weighted by Gasteiger charge is -2.14. The molecule has 0 saturated carbocycles. The van der Waals surface area contributed by atoms with Crippen LogP contribution in [-0.2, 0) is 31.2 Å². The van der Waals surface area contributed by atoms with Gasteiger partial charge < -0.3 is 10.6 Å². The monoisotopic (exact) mass is 284 g/mol. The molecule has 0 bridgehead atoms. The number of amides is 1. The summed E-state index contributed by atoms with van der Waals surface area (Å²) in [6.45, 7) is 1.74. The lowest BCUT2D eigenvalue weighted by Crippen LogP contribution is -2.25. The summed E-state index contributed by atoms with van der Waals surface area (Å²) >= 11 is 0. The second-order valence-electron chi connectivity index (χ2n) is 5.36. The Morgan fingerprint density at radius 3 is 3.00 bits per heavy atom. The Kier molecular flexibility index (Phi) is 4.01. The van der Waals surface area contributed by atoms with Gasteiger partial charge in [0.05, 0.1) is 0 Å². The Labute approximate surface area is 124 Å². The van der Waals surface area contributed by atoms with Gasteiger partial charge in [0, 0.05) is 44.2 Å². The molecule has 0 atom stereocenters. The number of fused-ring (bicyclic) bond motifs is 1. The number of anilines is 1. The Morgan fingerprint density at radius 1 is 1.38 bits per heavy atom. The van der Waals surface area contributed by atoms with Crippen LogP contribution < -0.4 is 10.6 Å². The molecule has 0 unspecified atom stereocenters. The summed E-state index contributed by atoms with van der Waals surface area (Å²) in [4.78, 5) is 12.1. The van der Waals surface area contributed by atoms with E-state index in [1.54, 1.807) is 0 Å². The van der Waals surface area contributed by atoms with E-state index in [9.17, 15) is 4.79 Å². The lowest BCUT2D eigenvalue weighted by atomic mass is 10.1. The van der Waals surface area contributed by atoms with Crippen LogP contribution in [0.2, 0.25) is 0 Å². The van der Waals surface area contributed by atoms with Crippen molar-refractivity contribution in [2.24, 2.45) is 7.05 Å². The van der Waals surface area contributed by atoms with Gasteiger partial charge in [-0.1, -0.05) is 30.3 Å². The van der Waals surface area contributed by atoms with E-state index in [2.05, 4.69) is 15.7 Å². The minimum absolute atomic E-state index is 0.0188. The standard InChI is InChI=1S/C16H20N4O/c1-20-14-9-10-17-11-13(14)16(19-20)18-15(21)8-7-12-5-3-2-4-6-12/h2-6,17H,7-11H2,1H3,(H,18,19,21). The predicted molar refractivity (Wildman–Crippen MR) is 82.0 cm³/mol. The highest BCUT2D eigenvalue weighted by molar-refractivity contribution is 5.90. The van der Waals surface area contributed by atoms with Crippen molar-refractivity contribution in [3.63, 3.8) is 0 Å². The van der Waals surface area contributed by atoms with Gasteiger partial charge in [-0.2, -0.15) is 5.10 Å². The maximum absolute atomic E-state index is 12.1. The molecule has 0 fully saturated rings. The first-order valence-corrected chi connectivity index (χ1v) is 7.33. The number of benzene rings is 1. The molecule has 5 heteroatoms. The second-order valence-corrected chi connectivity index (χ2v) is 5.36. The fraction of sp³-hybridized carbons (Fsp3) is 0.375. The van der Waals surface area contributed by atoms with Crippen LogP contribution in [0.1, 0.15) is 23.2 Å². The summed E-state index contributed by atoms with van der Waals surface area (Å²) in [5.41, 5.74) is 3.52. The van der Waals surface area contributed by atoms with Crippen molar-refractivity contribution >= 4 is 11.7 Å². The van der Waals surface area contributed by atoms with Crippen LogP contribution in [-0.4, -0.2) is 22.2 Å². The number of nitrogens with zero attached hydrogens (tertiary/aromatic N) is 2. The molecule has 3 rings (SSSR count). The molecule has 0 aliphatic carbocycles. The van der Waals surface area contributed by atoms with Gasteiger partial charge in [0.25, 0.3) is 0 Å². The normalized spacial score (nSPS) is 13.8. The molecule has 1 aliphatic heterocycles. The number of hydrogen-bond donors (Lipinski definition) is 2. The average molecular weight is 284 g/mol. The summed E-state index contributed by atoms with van der Waals surface area (Å²) in [5.74, 6) is 0.725. The van der Waals surface area contributed by atoms with E-state index in [0.717, 1.165) is 31.5 Å². The highest BCUT2D eigenvalue weighted by Gasteiger charge is 2.20. The van der Waals surface area contributed by atoms with Crippen molar-refractivity contribution in [3.8, 4) is 0 Å². The molecule has 2 N–H and O–H groups in total. The van der Waals surface area contributed by atoms with E-state index < -0.39 is 0 Å². The molecule has 0 saturated heterocycles. The predicted octanol–water partition coefficient (Wildman–Crippen LogP) is 1.64. The Balaban J connectivity index is 1.63. The zero-order chi connectivity index (χ0) is 14.7. The van der Waals surface area contributed by atoms with Gasteiger partial charge in [-0.05, 0) is 12.0 Å². The first-order valence-electron chi connectivity index (χ1n) is 7.33. The van der Waals surface area contributed by atoms with Crippen LogP contribution in [0.5, 0.6) is 0 Å². The Morgan fingerprint density at radius 2 is 2.19 bits per heavy atom. The highest BCUT2D eigenvalue weighted by Crippen LogP contribution is 2.21. The SMILES string of the molecule is Cn1nc(NC(=O)CCc2ccccc2)c2c1CCNC2. The summed E-state index contributed by atoms with van der Waals surface area (Å²) in [6.07, 6.45) is 2.18. The van der Waals surface area contributed by atoms with Crippen LogP contribution in [0, 0.1) is 0 Å². The minimum Gasteiger partial charge on any atom is -0.312 e. The zero-order valence-corrected chi connectivity index (χ0v) is 12.2. The van der Waals surface area contributed by atoms with Gasteiger partial charge >= 0.3 is 0 Å². The molecule has 21 heavy (non-hydrogen) atoms. The Hall–Kier alpha value is -2.14. The van der Waals surface area contributed by atoms with Gasteiger partial charge in [-0.25, -0.2) is 0 Å². The molecule has 1 amide bonds. The van der Waals surface area contributed by atoms with E-state index in [1.165, 1.54) is 11.3 Å². The fourth-order valence-electron chi connectivity index (χ4n) is 2.72. The minimum atomic E-state index is 0.0188. The summed E-state index contributed by atoms with van der Waals surface area (Å²) < 4.78 is 1.88. The van der Waals surface area contributed by atoms with Crippen molar-refractivity contribution in [3.05, 3.63) is 47.2 Å². The first kappa shape index (κ1) is 13.8. The van der Waals surface area contributed by atoms with Crippen molar-refractivity contribution in [1.82, 2.24) is 15.1 Å². The topological polar surface area (TPSA) is 59.0 Å². The van der Waals surface area contributed by atoms with E-state index in [-0.39, 0.29) is 5.91 Å². The molecule has 110 valence electrons. The van der Waals surface area contributed by atoms with E-state index >= 15 is 0 Å². The van der Waals surface area contributed by atoms with Crippen LogP contribution in [0.15, 0.2) is 30.3 Å². The van der Waals surface area contributed by atoms with E-state index in [4.69, 9.17) is 0 Å². The van der Waals surface area contributed by atoms with Crippen LogP contribution in [0.25, 0.3) is 0 Å². The van der Waals surface area contributed by atoms with Crippen molar-refractivity contribution < 1.29 is 4.79 Å². The molecule has 2 heterocycles. The van der Waals surface area contributed by atoms with E-state index in [1.807, 2.05) is 42.1 Å². The van der Waals surface area contributed by atoms with Gasteiger partial charge in [-0.3, -0.25) is 9.48 Å². The molecular weight excluding hydrogens is 264 g/mol. The molecular formula is C16H20N4O. The number of nitrogens with one attached hydrogen (secondary N) is 2.